The molecule has 3 nitrogen and oxygen atoms in total. The predicted octanol–water partition coefficient (Wildman–Crippen LogP) is -2.99. The molecule has 0 spiro atoms. The molecule has 2 N–H and O–H groups in total. The minimum Gasteiger partial charge on any atom is -1.00 e. The van der Waals surface area contributed by atoms with Crippen LogP contribution in [0.25, 0.3) is 0 Å². The first kappa shape index (κ1) is 20.0. The van der Waals surface area contributed by atoms with Crippen molar-refractivity contribution in [2.75, 3.05) is 0 Å². The fraction of sp³-hybridized carbons (Fsp3) is 0. The summed E-state index contributed by atoms with van der Waals surface area (Å²) in [6.45, 7) is 0. The molecule has 0 aliphatic heterocycles. The van der Waals surface area contributed by atoms with E-state index >= 15 is 0 Å². The summed E-state index contributed by atoms with van der Waals surface area (Å²) in [5.74, 6) is -0.557. The molecule has 0 saturated carbocycles. The number of rotatable bonds is 1. The summed E-state index contributed by atoms with van der Waals surface area (Å²) in [5.41, 5.74) is 0.331. The molecule has 0 aromatic heterocycles. The van der Waals surface area contributed by atoms with E-state index in [1.165, 1.54) is 0 Å². The van der Waals surface area contributed by atoms with Gasteiger partial charge in [0.1, 0.15) is 5.75 Å². The normalized spacial score (nSPS) is 7.78. The summed E-state index contributed by atoms with van der Waals surface area (Å²) in [6.07, 6.45) is 0. The van der Waals surface area contributed by atoms with Gasteiger partial charge in [-0.1, -0.05) is 36.4 Å². The number of carbonyl (C=O) groups is 1. The number of hydrogen-bond acceptors (Lipinski definition) is 2. The summed E-state index contributed by atoms with van der Waals surface area (Å²) in [6, 6.07) is 17.0. The van der Waals surface area contributed by atoms with E-state index in [1.54, 1.807) is 54.6 Å². The van der Waals surface area contributed by atoms with Gasteiger partial charge < -0.3 is 13.1 Å². The van der Waals surface area contributed by atoms with Gasteiger partial charge in [0.05, 0.1) is 5.56 Å². The van der Waals surface area contributed by atoms with Crippen molar-refractivity contribution in [2.45, 2.75) is 0 Å². The first-order valence-corrected chi connectivity index (χ1v) is 4.72. The van der Waals surface area contributed by atoms with E-state index < -0.39 is 5.97 Å². The number of aromatic hydroxyl groups is 1. The number of phenols is 1. The van der Waals surface area contributed by atoms with Gasteiger partial charge in [-0.25, -0.2) is 4.79 Å². The molecule has 5 heteroatoms. The maximum atomic E-state index is 10.2. The topological polar surface area (TPSA) is 57.5 Å². The van der Waals surface area contributed by atoms with Crippen LogP contribution in [0.2, 0.25) is 0 Å². The van der Waals surface area contributed by atoms with Gasteiger partial charge in [0.15, 0.2) is 0 Å². The Morgan fingerprint density at radius 2 is 1.22 bits per heavy atom. The van der Waals surface area contributed by atoms with Crippen LogP contribution >= 0.6 is 0 Å². The molecule has 2 aromatic rings. The van der Waals surface area contributed by atoms with E-state index in [0.29, 0.717) is 11.3 Å². The Kier molecular flexibility index (Phi) is 13.1. The molecule has 18 heavy (non-hydrogen) atoms. The third-order valence-electron chi connectivity index (χ3n) is 1.78. The molecule has 0 heterocycles. The molecule has 0 amide bonds. The molecule has 0 unspecified atom stereocenters. The van der Waals surface area contributed by atoms with Crippen molar-refractivity contribution >= 4 is 5.97 Å². The van der Waals surface area contributed by atoms with Crippen molar-refractivity contribution < 1.29 is 77.0 Å². The molecule has 2 rings (SSSR count). The summed E-state index contributed by atoms with van der Waals surface area (Å²) >= 11 is 0. The van der Waals surface area contributed by atoms with Crippen molar-refractivity contribution in [1.29, 1.82) is 0 Å². The number of para-hydroxylation sites is 1. The van der Waals surface area contributed by atoms with Crippen molar-refractivity contribution in [3.05, 3.63) is 66.2 Å². The molecule has 0 aliphatic rings. The Morgan fingerprint density at radius 3 is 1.44 bits per heavy atom. The van der Waals surface area contributed by atoms with E-state index in [1.807, 2.05) is 6.07 Å². The van der Waals surface area contributed by atoms with E-state index in [-0.39, 0.29) is 62.0 Å². The number of benzene rings is 2. The molecular weight excluding hydrogens is 250 g/mol. The Bertz CT molecular complexity index is 442. The number of aromatic carboxylic acids is 1. The number of carboxylic acids is 1. The van der Waals surface area contributed by atoms with Gasteiger partial charge in [0.25, 0.3) is 0 Å². The maximum Gasteiger partial charge on any atom is 1.00 e. The third-order valence-corrected chi connectivity index (χ3v) is 1.78. The quantitative estimate of drug-likeness (QED) is 0.540. The van der Waals surface area contributed by atoms with Crippen LogP contribution in [-0.2, 0) is 0 Å². The van der Waals surface area contributed by atoms with Gasteiger partial charge in [-0.3, -0.25) is 0 Å². The van der Waals surface area contributed by atoms with Crippen LogP contribution < -0.4 is 59.1 Å². The van der Waals surface area contributed by atoms with E-state index in [9.17, 15) is 4.79 Å². The van der Waals surface area contributed by atoms with Crippen LogP contribution in [0.1, 0.15) is 13.2 Å². The summed E-state index contributed by atoms with van der Waals surface area (Å²) in [7, 11) is 0. The second kappa shape index (κ2) is 11.8. The van der Waals surface area contributed by atoms with Gasteiger partial charge in [0.2, 0.25) is 0 Å². The first-order chi connectivity index (χ1) is 7.70. The van der Waals surface area contributed by atoms with Gasteiger partial charge in [-0.05, 0) is 24.3 Å². The van der Waals surface area contributed by atoms with Gasteiger partial charge in [-0.15, -0.1) is 0 Å². The zero-order valence-electron chi connectivity index (χ0n) is 12.6. The van der Waals surface area contributed by atoms with Crippen LogP contribution in [0.15, 0.2) is 60.7 Å². The number of phenolic OH excluding ortho intramolecular Hbond substituents is 1. The predicted molar refractivity (Wildman–Crippen MR) is 63.7 cm³/mol. The van der Waals surface area contributed by atoms with Crippen molar-refractivity contribution in [3.8, 4) is 5.75 Å². The van der Waals surface area contributed by atoms with Crippen molar-refractivity contribution in [3.63, 3.8) is 0 Å². The second-order valence-electron chi connectivity index (χ2n) is 3.01. The van der Waals surface area contributed by atoms with Crippen molar-refractivity contribution in [1.82, 2.24) is 0 Å². The van der Waals surface area contributed by atoms with Crippen LogP contribution in [0.4, 0.5) is 0 Å². The fourth-order valence-corrected chi connectivity index (χ4v) is 1.01. The van der Waals surface area contributed by atoms with E-state index in [2.05, 4.69) is 0 Å². The molecule has 0 saturated heterocycles. The largest absolute Gasteiger partial charge is 1.00 e. The molecular formula is C13H14Na2O3. The van der Waals surface area contributed by atoms with Crippen LogP contribution in [0.5, 0.6) is 5.75 Å². The molecule has 86 valence electrons. The summed E-state index contributed by atoms with van der Waals surface area (Å²) in [4.78, 5) is 10.2. The molecule has 0 atom stereocenters. The number of carboxylic acid groups (broad SMARTS) is 1. The van der Waals surface area contributed by atoms with Crippen molar-refractivity contribution in [2.24, 2.45) is 0 Å². The minimum absolute atomic E-state index is 0. The Labute approximate surface area is 153 Å². The maximum absolute atomic E-state index is 10.2. The van der Waals surface area contributed by atoms with Gasteiger partial charge in [0, 0.05) is 0 Å². The minimum atomic E-state index is -0.879. The van der Waals surface area contributed by atoms with Crippen LogP contribution in [0, 0.1) is 0 Å². The second-order valence-corrected chi connectivity index (χ2v) is 3.01. The monoisotopic (exact) mass is 264 g/mol. The first-order valence-electron chi connectivity index (χ1n) is 4.72. The van der Waals surface area contributed by atoms with Crippen LogP contribution in [-0.4, -0.2) is 16.2 Å². The van der Waals surface area contributed by atoms with E-state index in [0.717, 1.165) is 0 Å². The van der Waals surface area contributed by atoms with Crippen LogP contribution in [0.3, 0.4) is 0 Å². The average Bonchev–Trinajstić information content (AvgIpc) is 2.32. The molecule has 2 aromatic carbocycles. The average molecular weight is 264 g/mol. The Morgan fingerprint density at radius 1 is 0.833 bits per heavy atom. The zero-order chi connectivity index (χ0) is 11.8. The third kappa shape index (κ3) is 8.75. The SMILES string of the molecule is O=C(O)c1ccccc1.Oc1ccccc1.[H-].[H-].[Na+].[Na+]. The number of hydrogen-bond donors (Lipinski definition) is 2. The van der Waals surface area contributed by atoms with Gasteiger partial charge in [-0.2, -0.15) is 0 Å². The smallest absolute Gasteiger partial charge is 1.00 e. The molecule has 0 aliphatic carbocycles. The summed E-state index contributed by atoms with van der Waals surface area (Å²) in [5, 5.41) is 17.0. The Hall–Kier alpha value is -0.290. The zero-order valence-corrected chi connectivity index (χ0v) is 14.6. The van der Waals surface area contributed by atoms with Gasteiger partial charge >= 0.3 is 65.1 Å². The Balaban J connectivity index is -0.000000109. The standard InChI is InChI=1S/C7H6O2.C6H6O.2Na.2H/c8-7(9)6-4-2-1-3-5-6;7-6-4-2-1-3-5-6;;;;/h1-5H,(H,8,9);1-5,7H;;;;/q;;2*+1;2*-1. The molecule has 0 bridgehead atoms. The molecule has 0 fully saturated rings. The van der Waals surface area contributed by atoms with E-state index in [4.69, 9.17) is 10.2 Å². The molecule has 0 radical (unpaired) electrons. The summed E-state index contributed by atoms with van der Waals surface area (Å²) < 4.78 is 0. The fourth-order valence-electron chi connectivity index (χ4n) is 1.01.